The summed E-state index contributed by atoms with van der Waals surface area (Å²) < 4.78 is 0. The predicted molar refractivity (Wildman–Crippen MR) is 77.4 cm³/mol. The van der Waals surface area contributed by atoms with E-state index in [9.17, 15) is 5.11 Å². The maximum Gasteiger partial charge on any atom is 0.0566 e. The third-order valence-electron chi connectivity index (χ3n) is 5.80. The van der Waals surface area contributed by atoms with Crippen LogP contribution in [0.4, 0.5) is 0 Å². The van der Waals surface area contributed by atoms with Crippen molar-refractivity contribution in [3.05, 3.63) is 11.6 Å². The van der Waals surface area contributed by atoms with Crippen LogP contribution in [0.5, 0.6) is 0 Å². The number of hydrogen-bond acceptors (Lipinski definition) is 1. The number of hydrogen-bond donors (Lipinski definition) is 1. The lowest BCUT2D eigenvalue weighted by Gasteiger charge is -2.46. The molecule has 18 heavy (non-hydrogen) atoms. The number of aliphatic hydroxyl groups is 1. The molecule has 2 aliphatic carbocycles. The summed E-state index contributed by atoms with van der Waals surface area (Å²) in [6, 6.07) is 0. The summed E-state index contributed by atoms with van der Waals surface area (Å²) in [5.74, 6) is 2.13. The summed E-state index contributed by atoms with van der Waals surface area (Å²) >= 11 is 0. The molecule has 1 heteroatoms. The summed E-state index contributed by atoms with van der Waals surface area (Å²) in [7, 11) is 0. The topological polar surface area (TPSA) is 20.2 Å². The molecule has 0 saturated heterocycles. The second-order valence-corrected chi connectivity index (χ2v) is 7.40. The van der Waals surface area contributed by atoms with E-state index in [1.54, 1.807) is 5.57 Å². The van der Waals surface area contributed by atoms with Gasteiger partial charge in [0, 0.05) is 0 Å². The highest BCUT2D eigenvalue weighted by atomic mass is 16.3. The van der Waals surface area contributed by atoms with Gasteiger partial charge in [-0.1, -0.05) is 32.4 Å². The van der Waals surface area contributed by atoms with Gasteiger partial charge in [0.1, 0.15) is 0 Å². The van der Waals surface area contributed by atoms with Gasteiger partial charge in [-0.2, -0.15) is 0 Å². The summed E-state index contributed by atoms with van der Waals surface area (Å²) in [5.41, 5.74) is 2.02. The second-order valence-electron chi connectivity index (χ2n) is 7.40. The molecule has 104 valence electrons. The van der Waals surface area contributed by atoms with Crippen molar-refractivity contribution in [3.8, 4) is 0 Å². The summed E-state index contributed by atoms with van der Waals surface area (Å²) in [6.45, 7) is 9.46. The van der Waals surface area contributed by atoms with Crippen molar-refractivity contribution in [2.45, 2.75) is 72.3 Å². The van der Waals surface area contributed by atoms with Crippen molar-refractivity contribution in [1.82, 2.24) is 0 Å². The van der Waals surface area contributed by atoms with E-state index in [2.05, 4.69) is 33.8 Å². The van der Waals surface area contributed by atoms with Crippen LogP contribution in [0.3, 0.4) is 0 Å². The molecule has 0 aliphatic heterocycles. The first-order valence-corrected chi connectivity index (χ1v) is 7.75. The molecule has 4 atom stereocenters. The van der Waals surface area contributed by atoms with Crippen molar-refractivity contribution in [1.29, 1.82) is 0 Å². The van der Waals surface area contributed by atoms with Crippen LogP contribution < -0.4 is 0 Å². The van der Waals surface area contributed by atoms with Crippen LogP contribution in [0.25, 0.3) is 0 Å². The van der Waals surface area contributed by atoms with E-state index in [1.165, 1.54) is 32.1 Å². The van der Waals surface area contributed by atoms with Crippen molar-refractivity contribution in [2.24, 2.45) is 23.2 Å². The van der Waals surface area contributed by atoms with E-state index in [0.29, 0.717) is 11.3 Å². The monoisotopic (exact) mass is 250 g/mol. The molecule has 4 unspecified atom stereocenters. The maximum atomic E-state index is 9.90. The largest absolute Gasteiger partial charge is 0.393 e. The first kappa shape index (κ1) is 14.1. The predicted octanol–water partition coefficient (Wildman–Crippen LogP) is 4.56. The first-order chi connectivity index (χ1) is 8.41. The molecular weight excluding hydrogens is 220 g/mol. The van der Waals surface area contributed by atoms with Gasteiger partial charge in [0.15, 0.2) is 0 Å². The van der Waals surface area contributed by atoms with Crippen LogP contribution >= 0.6 is 0 Å². The molecule has 0 spiro atoms. The fourth-order valence-corrected chi connectivity index (χ4v) is 4.13. The zero-order valence-electron chi connectivity index (χ0n) is 12.6. The number of aliphatic hydroxyl groups excluding tert-OH is 1. The Hall–Kier alpha value is -0.300. The van der Waals surface area contributed by atoms with Crippen molar-refractivity contribution < 1.29 is 5.11 Å². The molecule has 0 bridgehead atoms. The fraction of sp³-hybridized carbons (Fsp3) is 0.882. The number of rotatable bonds is 2. The van der Waals surface area contributed by atoms with Gasteiger partial charge in [0.25, 0.3) is 0 Å². The van der Waals surface area contributed by atoms with Gasteiger partial charge < -0.3 is 5.11 Å². The van der Waals surface area contributed by atoms with Gasteiger partial charge in [-0.25, -0.2) is 0 Å². The van der Waals surface area contributed by atoms with Crippen LogP contribution in [0.1, 0.15) is 66.2 Å². The fourth-order valence-electron chi connectivity index (χ4n) is 4.13. The molecule has 0 amide bonds. The first-order valence-electron chi connectivity index (χ1n) is 7.75. The smallest absolute Gasteiger partial charge is 0.0566 e. The molecule has 2 rings (SSSR count). The minimum atomic E-state index is -0.0509. The van der Waals surface area contributed by atoms with Gasteiger partial charge in [-0.3, -0.25) is 0 Å². The minimum Gasteiger partial charge on any atom is -0.393 e. The lowest BCUT2D eigenvalue weighted by Crippen LogP contribution is -2.39. The van der Waals surface area contributed by atoms with E-state index in [4.69, 9.17) is 0 Å². The molecule has 1 nitrogen and oxygen atoms in total. The Morgan fingerprint density at radius 1 is 1.17 bits per heavy atom. The summed E-state index contributed by atoms with van der Waals surface area (Å²) in [6.07, 6.45) is 9.73. The maximum absolute atomic E-state index is 9.90. The molecule has 2 aliphatic rings. The molecule has 1 N–H and O–H groups in total. The molecular formula is C17H30O. The Morgan fingerprint density at radius 3 is 2.50 bits per heavy atom. The zero-order valence-corrected chi connectivity index (χ0v) is 12.6. The van der Waals surface area contributed by atoms with Crippen LogP contribution in [0, 0.1) is 23.2 Å². The highest BCUT2D eigenvalue weighted by Crippen LogP contribution is 2.49. The molecule has 0 aromatic carbocycles. The Kier molecular flexibility index (Phi) is 4.21. The Bertz CT molecular complexity index is 316. The van der Waals surface area contributed by atoms with Crippen molar-refractivity contribution in [3.63, 3.8) is 0 Å². The highest BCUT2D eigenvalue weighted by molar-refractivity contribution is 5.06. The third kappa shape index (κ3) is 2.82. The highest BCUT2D eigenvalue weighted by Gasteiger charge is 2.40. The van der Waals surface area contributed by atoms with Crippen LogP contribution in [0.15, 0.2) is 11.6 Å². The third-order valence-corrected chi connectivity index (χ3v) is 5.80. The van der Waals surface area contributed by atoms with E-state index in [1.807, 2.05) is 0 Å². The standard InChI is InChI=1S/C17H30O/c1-12-6-5-7-14(10-12)17(3,4)15-8-9-16(18)13(2)11-15/h6,13-16,18H,5,7-11H2,1-4H3. The summed E-state index contributed by atoms with van der Waals surface area (Å²) in [5, 5.41) is 9.90. The van der Waals surface area contributed by atoms with Crippen molar-refractivity contribution in [2.75, 3.05) is 0 Å². The van der Waals surface area contributed by atoms with Crippen LogP contribution in [0.2, 0.25) is 0 Å². The van der Waals surface area contributed by atoms with Gasteiger partial charge >= 0.3 is 0 Å². The number of allylic oxidation sites excluding steroid dienone is 2. The Balaban J connectivity index is 2.04. The quantitative estimate of drug-likeness (QED) is 0.713. The molecule has 1 fully saturated rings. The average molecular weight is 250 g/mol. The second kappa shape index (κ2) is 5.36. The molecule has 0 aromatic heterocycles. The van der Waals surface area contributed by atoms with Gasteiger partial charge in [0.05, 0.1) is 6.10 Å². The molecule has 0 heterocycles. The SMILES string of the molecule is CC1=CCCC(C(C)(C)C2CCC(O)C(C)C2)C1. The van der Waals surface area contributed by atoms with E-state index < -0.39 is 0 Å². The van der Waals surface area contributed by atoms with Gasteiger partial charge in [-0.15, -0.1) is 0 Å². The zero-order chi connectivity index (χ0) is 13.3. The summed E-state index contributed by atoms with van der Waals surface area (Å²) in [4.78, 5) is 0. The average Bonchev–Trinajstić information content (AvgIpc) is 2.32. The van der Waals surface area contributed by atoms with E-state index in [0.717, 1.165) is 18.3 Å². The lowest BCUT2D eigenvalue weighted by molar-refractivity contribution is -0.00219. The van der Waals surface area contributed by atoms with E-state index in [-0.39, 0.29) is 6.10 Å². The van der Waals surface area contributed by atoms with Crippen LogP contribution in [-0.2, 0) is 0 Å². The van der Waals surface area contributed by atoms with Crippen molar-refractivity contribution >= 4 is 0 Å². The Morgan fingerprint density at radius 2 is 1.89 bits per heavy atom. The Labute approximate surface area is 113 Å². The van der Waals surface area contributed by atoms with Crippen LogP contribution in [-0.4, -0.2) is 11.2 Å². The minimum absolute atomic E-state index is 0.0509. The van der Waals surface area contributed by atoms with Gasteiger partial charge in [0.2, 0.25) is 0 Å². The molecule has 1 saturated carbocycles. The molecule has 0 radical (unpaired) electrons. The van der Waals surface area contributed by atoms with Gasteiger partial charge in [-0.05, 0) is 68.6 Å². The molecule has 0 aromatic rings. The lowest BCUT2D eigenvalue weighted by atomic mass is 9.59. The van der Waals surface area contributed by atoms with E-state index >= 15 is 0 Å². The normalized spacial score (nSPS) is 38.4.